The molecule has 1 aromatic carbocycles. The molecule has 1 aliphatic carbocycles. The van der Waals surface area contributed by atoms with Crippen LogP contribution in [0.2, 0.25) is 5.15 Å². The Bertz CT molecular complexity index is 1620. The Balaban J connectivity index is 1.47. The van der Waals surface area contributed by atoms with E-state index in [9.17, 15) is 14.9 Å². The van der Waals surface area contributed by atoms with E-state index < -0.39 is 5.92 Å². The summed E-state index contributed by atoms with van der Waals surface area (Å²) in [5, 5.41) is 22.3. The van der Waals surface area contributed by atoms with Crippen molar-refractivity contribution >= 4 is 57.2 Å². The number of nitrogens with one attached hydrogen (secondary N) is 1. The fourth-order valence-corrected chi connectivity index (χ4v) is 7.00. The molecule has 3 heterocycles. The number of allylic oxidation sites excluding steroid dienone is 3. The van der Waals surface area contributed by atoms with Crippen LogP contribution in [0.25, 0.3) is 0 Å². The van der Waals surface area contributed by atoms with E-state index in [0.29, 0.717) is 39.1 Å². The van der Waals surface area contributed by atoms with E-state index in [1.165, 1.54) is 28.7 Å². The van der Waals surface area contributed by atoms with Crippen LogP contribution in [-0.4, -0.2) is 32.6 Å². The predicted octanol–water partition coefficient (Wildman–Crippen LogP) is 5.82. The van der Waals surface area contributed by atoms with E-state index in [1.807, 2.05) is 38.1 Å². The molecule has 1 atom stereocenters. The minimum absolute atomic E-state index is 0.00378. The highest BCUT2D eigenvalue weighted by molar-refractivity contribution is 8.01. The molecule has 12 heteroatoms. The molecule has 3 aromatic rings. The lowest BCUT2D eigenvalue weighted by Gasteiger charge is -2.42. The molecule has 9 nitrogen and oxygen atoms in total. The molecule has 0 bridgehead atoms. The van der Waals surface area contributed by atoms with Gasteiger partial charge in [0, 0.05) is 23.9 Å². The van der Waals surface area contributed by atoms with Crippen LogP contribution in [0.15, 0.2) is 69.6 Å². The number of nitriles is 1. The van der Waals surface area contributed by atoms with Crippen LogP contribution < -0.4 is 16.0 Å². The van der Waals surface area contributed by atoms with Gasteiger partial charge in [0.15, 0.2) is 15.3 Å². The smallest absolute Gasteiger partial charge is 0.234 e. The number of aryl methyl sites for hydroxylation is 1. The van der Waals surface area contributed by atoms with Crippen LogP contribution in [0.4, 0.5) is 10.8 Å². The van der Waals surface area contributed by atoms with Gasteiger partial charge >= 0.3 is 0 Å². The average molecular weight is 606 g/mol. The number of thioether (sulfide) groups is 1. The van der Waals surface area contributed by atoms with Gasteiger partial charge in [0.25, 0.3) is 0 Å². The quantitative estimate of drug-likeness (QED) is 0.252. The number of nitrogens with two attached hydrogens (primary N) is 1. The van der Waals surface area contributed by atoms with Gasteiger partial charge in [0.2, 0.25) is 11.0 Å². The summed E-state index contributed by atoms with van der Waals surface area (Å²) in [4.78, 5) is 31.9. The third kappa shape index (κ3) is 5.86. The van der Waals surface area contributed by atoms with Crippen LogP contribution in [0.5, 0.6) is 0 Å². The van der Waals surface area contributed by atoms with Crippen molar-refractivity contribution in [1.29, 1.82) is 5.26 Å². The second kappa shape index (κ2) is 11.6. The zero-order chi connectivity index (χ0) is 29.3. The normalized spacial score (nSPS) is 18.3. The lowest BCUT2D eigenvalue weighted by Crippen LogP contribution is -2.42. The first kappa shape index (κ1) is 28.8. The maximum absolute atomic E-state index is 13.7. The highest BCUT2D eigenvalue weighted by Crippen LogP contribution is 2.50. The van der Waals surface area contributed by atoms with Gasteiger partial charge in [-0.25, -0.2) is 4.98 Å². The zero-order valence-corrected chi connectivity index (χ0v) is 25.2. The summed E-state index contributed by atoms with van der Waals surface area (Å²) in [6.45, 7) is 6.18. The Labute approximate surface area is 251 Å². The average Bonchev–Trinajstić information content (AvgIpc) is 3.40. The zero-order valence-electron chi connectivity index (χ0n) is 22.8. The van der Waals surface area contributed by atoms with E-state index in [0.717, 1.165) is 17.7 Å². The van der Waals surface area contributed by atoms with Crippen molar-refractivity contribution in [3.63, 3.8) is 0 Å². The molecule has 1 unspecified atom stereocenters. The third-order valence-electron chi connectivity index (χ3n) is 7.05. The maximum atomic E-state index is 13.7. The molecule has 5 rings (SSSR count). The maximum Gasteiger partial charge on any atom is 0.234 e. The predicted molar refractivity (Wildman–Crippen MR) is 161 cm³/mol. The molecule has 2 aromatic heterocycles. The van der Waals surface area contributed by atoms with Crippen molar-refractivity contribution in [3.05, 3.63) is 81.5 Å². The number of amides is 1. The first-order valence-electron chi connectivity index (χ1n) is 13.0. The third-order valence-corrected chi connectivity index (χ3v) is 9.39. The number of halogens is 1. The summed E-state index contributed by atoms with van der Waals surface area (Å²) < 4.78 is 0.541. The Morgan fingerprint density at radius 3 is 2.71 bits per heavy atom. The molecule has 0 saturated heterocycles. The Kier molecular flexibility index (Phi) is 8.18. The molecule has 210 valence electrons. The standard InChI is InChI=1S/C29H28ClN7O2S2/c1-4-16-7-9-17(10-8-16)23-18(14-31)26(32)37(20-12-29(2,3)13-21(38)24(20)23)27-35-36-28(41-27)40-15-22(39)34-19-6-5-11-33-25(19)30/h5-11,23H,4,12-13,15,32H2,1-3H3,(H,34,39). The number of anilines is 2. The number of benzene rings is 1. The van der Waals surface area contributed by atoms with Crippen molar-refractivity contribution in [2.45, 2.75) is 50.3 Å². The summed E-state index contributed by atoms with van der Waals surface area (Å²) in [6.07, 6.45) is 3.38. The fraction of sp³-hybridized carbons (Fsp3) is 0.310. The van der Waals surface area contributed by atoms with Gasteiger partial charge in [0.1, 0.15) is 5.82 Å². The monoisotopic (exact) mass is 605 g/mol. The van der Waals surface area contributed by atoms with Crippen LogP contribution in [0.1, 0.15) is 50.7 Å². The summed E-state index contributed by atoms with van der Waals surface area (Å²) >= 11 is 8.50. The van der Waals surface area contributed by atoms with Crippen molar-refractivity contribution in [2.24, 2.45) is 11.1 Å². The van der Waals surface area contributed by atoms with Crippen molar-refractivity contribution < 1.29 is 9.59 Å². The van der Waals surface area contributed by atoms with Crippen molar-refractivity contribution in [2.75, 3.05) is 16.0 Å². The van der Waals surface area contributed by atoms with E-state index in [2.05, 4.69) is 33.5 Å². The summed E-state index contributed by atoms with van der Waals surface area (Å²) in [5.41, 5.74) is 10.5. The van der Waals surface area contributed by atoms with Gasteiger partial charge < -0.3 is 11.1 Å². The number of aromatic nitrogens is 3. The SMILES string of the molecule is CCc1ccc(C2C(C#N)=C(N)N(c3nnc(SCC(=O)Nc4cccnc4Cl)s3)C3=C2C(=O)CC(C)(C)C3)cc1. The molecule has 3 N–H and O–H groups in total. The Hall–Kier alpha value is -3.72. The van der Waals surface area contributed by atoms with Gasteiger partial charge in [-0.2, -0.15) is 5.26 Å². The second-order valence-corrected chi connectivity index (χ2v) is 13.1. The Morgan fingerprint density at radius 1 is 1.27 bits per heavy atom. The number of Topliss-reactive ketones (excluding diaryl/α,β-unsaturated/α-hetero) is 1. The molecule has 1 amide bonds. The van der Waals surface area contributed by atoms with Crippen molar-refractivity contribution in [3.8, 4) is 6.07 Å². The number of carbonyl (C=O) groups is 2. The number of carbonyl (C=O) groups excluding carboxylic acids is 2. The second-order valence-electron chi connectivity index (χ2n) is 10.6. The molecule has 0 radical (unpaired) electrons. The number of hydrogen-bond donors (Lipinski definition) is 2. The van der Waals surface area contributed by atoms with Gasteiger partial charge in [-0.1, -0.05) is 79.7 Å². The summed E-state index contributed by atoms with van der Waals surface area (Å²) in [5.74, 6) is -0.518. The van der Waals surface area contributed by atoms with Crippen LogP contribution in [0.3, 0.4) is 0 Å². The summed E-state index contributed by atoms with van der Waals surface area (Å²) in [6, 6.07) is 13.6. The molecule has 2 aliphatic rings. The van der Waals surface area contributed by atoms with E-state index in [-0.39, 0.29) is 33.8 Å². The highest BCUT2D eigenvalue weighted by Gasteiger charge is 2.45. The lowest BCUT2D eigenvalue weighted by atomic mass is 9.68. The number of pyridine rings is 1. The topological polar surface area (TPSA) is 138 Å². The number of rotatable bonds is 7. The minimum atomic E-state index is -0.550. The number of ketones is 1. The van der Waals surface area contributed by atoms with Crippen molar-refractivity contribution in [1.82, 2.24) is 15.2 Å². The van der Waals surface area contributed by atoms with Crippen LogP contribution in [0, 0.1) is 16.7 Å². The first-order valence-corrected chi connectivity index (χ1v) is 15.2. The lowest BCUT2D eigenvalue weighted by molar-refractivity contribution is -0.118. The van der Waals surface area contributed by atoms with Gasteiger partial charge in [0.05, 0.1) is 29.0 Å². The number of nitrogens with zero attached hydrogens (tertiary/aromatic N) is 5. The van der Waals surface area contributed by atoms with Crippen LogP contribution >= 0.6 is 34.7 Å². The molecule has 41 heavy (non-hydrogen) atoms. The summed E-state index contributed by atoms with van der Waals surface area (Å²) in [7, 11) is 0. The highest BCUT2D eigenvalue weighted by atomic mass is 35.5. The molecule has 1 aliphatic heterocycles. The molecular formula is C29H28ClN7O2S2. The molecule has 0 fully saturated rings. The number of hydrogen-bond acceptors (Lipinski definition) is 10. The molecule has 0 saturated carbocycles. The van der Waals surface area contributed by atoms with E-state index >= 15 is 0 Å². The van der Waals surface area contributed by atoms with Crippen LogP contribution in [-0.2, 0) is 16.0 Å². The van der Waals surface area contributed by atoms with Gasteiger partial charge in [-0.05, 0) is 41.5 Å². The van der Waals surface area contributed by atoms with E-state index in [4.69, 9.17) is 17.3 Å². The Morgan fingerprint density at radius 2 is 2.02 bits per heavy atom. The fourth-order valence-electron chi connectivity index (χ4n) is 5.15. The first-order chi connectivity index (χ1) is 19.6. The van der Waals surface area contributed by atoms with Gasteiger partial charge in [-0.3, -0.25) is 14.5 Å². The molecule has 0 spiro atoms. The minimum Gasteiger partial charge on any atom is -0.384 e. The largest absolute Gasteiger partial charge is 0.384 e. The van der Waals surface area contributed by atoms with E-state index in [1.54, 1.807) is 23.2 Å². The molecular weight excluding hydrogens is 578 g/mol. The van der Waals surface area contributed by atoms with Gasteiger partial charge in [-0.15, -0.1) is 10.2 Å².